The molecule has 3 rings (SSSR count). The average Bonchev–Trinajstić information content (AvgIpc) is 3.01. The molecular formula is C20H28O4. The molecule has 4 heteroatoms. The molecule has 2 aliphatic rings. The Bertz CT molecular complexity index is 553. The van der Waals surface area contributed by atoms with Crippen molar-refractivity contribution in [1.82, 2.24) is 0 Å². The van der Waals surface area contributed by atoms with Gasteiger partial charge in [0.25, 0.3) is 0 Å². The maximum Gasteiger partial charge on any atom is 0.148 e. The van der Waals surface area contributed by atoms with Crippen LogP contribution in [0.2, 0.25) is 0 Å². The molecule has 0 radical (unpaired) electrons. The SMILES string of the molecule is CCCCOc1ccc(CC(C)[C@]23CCC(=O)CC2OCO3)cc1. The number of carbonyl (C=O) groups is 1. The van der Waals surface area contributed by atoms with Crippen molar-refractivity contribution >= 4 is 5.78 Å². The van der Waals surface area contributed by atoms with Crippen LogP contribution >= 0.6 is 0 Å². The highest BCUT2D eigenvalue weighted by Crippen LogP contribution is 2.43. The van der Waals surface area contributed by atoms with Gasteiger partial charge in [-0.2, -0.15) is 0 Å². The van der Waals surface area contributed by atoms with Gasteiger partial charge in [-0.1, -0.05) is 32.4 Å². The molecule has 1 aromatic rings. The predicted octanol–water partition coefficient (Wildman–Crippen LogP) is 3.91. The Morgan fingerprint density at radius 1 is 1.33 bits per heavy atom. The van der Waals surface area contributed by atoms with E-state index in [1.807, 2.05) is 12.1 Å². The number of carbonyl (C=O) groups excluding carboxylic acids is 1. The first kappa shape index (κ1) is 17.4. The van der Waals surface area contributed by atoms with Crippen molar-refractivity contribution in [3.8, 4) is 5.75 Å². The van der Waals surface area contributed by atoms with Gasteiger partial charge in [-0.3, -0.25) is 4.79 Å². The van der Waals surface area contributed by atoms with Gasteiger partial charge < -0.3 is 14.2 Å². The first-order chi connectivity index (χ1) is 11.6. The molecule has 2 unspecified atom stereocenters. The molecule has 1 aliphatic heterocycles. The van der Waals surface area contributed by atoms with Crippen LogP contribution in [0.15, 0.2) is 24.3 Å². The van der Waals surface area contributed by atoms with Crippen molar-refractivity contribution < 1.29 is 19.0 Å². The van der Waals surface area contributed by atoms with Gasteiger partial charge in [0.2, 0.25) is 0 Å². The van der Waals surface area contributed by atoms with Gasteiger partial charge in [-0.15, -0.1) is 0 Å². The zero-order chi connectivity index (χ0) is 17.0. The number of ketones is 1. The van der Waals surface area contributed by atoms with E-state index in [4.69, 9.17) is 14.2 Å². The van der Waals surface area contributed by atoms with E-state index in [1.54, 1.807) is 0 Å². The van der Waals surface area contributed by atoms with Crippen LogP contribution in [-0.4, -0.2) is 30.9 Å². The normalized spacial score (nSPS) is 27.8. The molecule has 0 spiro atoms. The second kappa shape index (κ2) is 7.66. The molecule has 1 heterocycles. The smallest absolute Gasteiger partial charge is 0.148 e. The Morgan fingerprint density at radius 3 is 2.88 bits per heavy atom. The van der Waals surface area contributed by atoms with Crippen molar-refractivity contribution in [1.29, 1.82) is 0 Å². The lowest BCUT2D eigenvalue weighted by Gasteiger charge is -2.40. The van der Waals surface area contributed by atoms with Gasteiger partial charge in [0, 0.05) is 12.8 Å². The number of unbranched alkanes of at least 4 members (excludes halogenated alkanes) is 1. The van der Waals surface area contributed by atoms with E-state index < -0.39 is 0 Å². The maximum absolute atomic E-state index is 11.7. The molecule has 24 heavy (non-hydrogen) atoms. The summed E-state index contributed by atoms with van der Waals surface area (Å²) in [7, 11) is 0. The number of fused-ring (bicyclic) bond motifs is 1. The first-order valence-corrected chi connectivity index (χ1v) is 9.13. The summed E-state index contributed by atoms with van der Waals surface area (Å²) in [5, 5.41) is 0. The van der Waals surface area contributed by atoms with Gasteiger partial charge in [0.05, 0.1) is 12.7 Å². The van der Waals surface area contributed by atoms with Crippen LogP contribution in [0, 0.1) is 5.92 Å². The third kappa shape index (κ3) is 3.65. The zero-order valence-electron chi connectivity index (χ0n) is 14.8. The van der Waals surface area contributed by atoms with Gasteiger partial charge in [-0.05, 0) is 42.9 Å². The summed E-state index contributed by atoms with van der Waals surface area (Å²) in [6, 6.07) is 8.35. The summed E-state index contributed by atoms with van der Waals surface area (Å²) < 4.78 is 17.4. The van der Waals surface area contributed by atoms with Crippen LogP contribution in [0.25, 0.3) is 0 Å². The Morgan fingerprint density at radius 2 is 2.12 bits per heavy atom. The number of hydrogen-bond acceptors (Lipinski definition) is 4. The van der Waals surface area contributed by atoms with Crippen molar-refractivity contribution in [3.05, 3.63) is 29.8 Å². The minimum Gasteiger partial charge on any atom is -0.494 e. The largest absolute Gasteiger partial charge is 0.494 e. The van der Waals surface area contributed by atoms with Crippen LogP contribution in [0.3, 0.4) is 0 Å². The van der Waals surface area contributed by atoms with Crippen LogP contribution in [0.4, 0.5) is 0 Å². The lowest BCUT2D eigenvalue weighted by molar-refractivity contribution is -0.130. The average molecular weight is 332 g/mol. The lowest BCUT2D eigenvalue weighted by Crippen LogP contribution is -2.50. The van der Waals surface area contributed by atoms with E-state index >= 15 is 0 Å². The van der Waals surface area contributed by atoms with Crippen LogP contribution in [-0.2, 0) is 20.7 Å². The van der Waals surface area contributed by atoms with E-state index in [2.05, 4.69) is 26.0 Å². The maximum atomic E-state index is 11.7. The van der Waals surface area contributed by atoms with Crippen LogP contribution < -0.4 is 4.74 Å². The second-order valence-corrected chi connectivity index (χ2v) is 7.07. The lowest BCUT2D eigenvalue weighted by atomic mass is 9.72. The summed E-state index contributed by atoms with van der Waals surface area (Å²) in [5.41, 5.74) is 0.968. The van der Waals surface area contributed by atoms with Crippen molar-refractivity contribution in [2.24, 2.45) is 5.92 Å². The number of hydrogen-bond donors (Lipinski definition) is 0. The Labute approximate surface area is 144 Å². The monoisotopic (exact) mass is 332 g/mol. The summed E-state index contributed by atoms with van der Waals surface area (Å²) in [4.78, 5) is 11.7. The van der Waals surface area contributed by atoms with E-state index in [-0.39, 0.29) is 11.7 Å². The van der Waals surface area contributed by atoms with Crippen molar-refractivity contribution in [3.63, 3.8) is 0 Å². The van der Waals surface area contributed by atoms with Gasteiger partial charge in [0.1, 0.15) is 23.9 Å². The van der Waals surface area contributed by atoms with E-state index in [0.29, 0.717) is 31.3 Å². The molecule has 0 bridgehead atoms. The fourth-order valence-corrected chi connectivity index (χ4v) is 3.86. The quantitative estimate of drug-likeness (QED) is 0.710. The molecule has 3 atom stereocenters. The molecule has 0 N–H and O–H groups in total. The third-order valence-corrected chi connectivity index (χ3v) is 5.42. The number of rotatable bonds is 7. The predicted molar refractivity (Wildman–Crippen MR) is 92.1 cm³/mol. The molecule has 1 saturated heterocycles. The molecular weight excluding hydrogens is 304 g/mol. The van der Waals surface area contributed by atoms with Gasteiger partial charge in [-0.25, -0.2) is 0 Å². The number of benzene rings is 1. The molecule has 2 fully saturated rings. The molecule has 1 aliphatic carbocycles. The Hall–Kier alpha value is -1.39. The van der Waals surface area contributed by atoms with E-state index in [9.17, 15) is 4.79 Å². The Kier molecular flexibility index (Phi) is 5.57. The third-order valence-electron chi connectivity index (χ3n) is 5.42. The molecule has 0 amide bonds. The van der Waals surface area contributed by atoms with Gasteiger partial charge >= 0.3 is 0 Å². The molecule has 1 saturated carbocycles. The Balaban J connectivity index is 1.61. The highest BCUT2D eigenvalue weighted by atomic mass is 16.7. The van der Waals surface area contributed by atoms with E-state index in [1.165, 1.54) is 5.56 Å². The van der Waals surface area contributed by atoms with Crippen LogP contribution in [0.5, 0.6) is 5.75 Å². The summed E-state index contributed by atoms with van der Waals surface area (Å²) in [6.45, 7) is 5.46. The second-order valence-electron chi connectivity index (χ2n) is 7.07. The summed E-state index contributed by atoms with van der Waals surface area (Å²) in [5.74, 6) is 1.53. The van der Waals surface area contributed by atoms with Crippen molar-refractivity contribution in [2.75, 3.05) is 13.4 Å². The van der Waals surface area contributed by atoms with Gasteiger partial charge in [0.15, 0.2) is 0 Å². The van der Waals surface area contributed by atoms with Crippen LogP contribution in [0.1, 0.15) is 51.5 Å². The first-order valence-electron chi connectivity index (χ1n) is 9.13. The standard InChI is InChI=1S/C20H28O4/c1-3-4-11-22-18-7-5-16(6-8-18)12-15(2)20-10-9-17(21)13-19(20)23-14-24-20/h5-8,15,19H,3-4,9-14H2,1-2H3/t15?,19?,20-/m1/s1. The molecule has 1 aromatic carbocycles. The highest BCUT2D eigenvalue weighted by Gasteiger charge is 2.52. The minimum absolute atomic E-state index is 0.0783. The van der Waals surface area contributed by atoms with E-state index in [0.717, 1.165) is 38.0 Å². The number of Topliss-reactive ketones (excluding diaryl/α,β-unsaturated/α-hetero) is 1. The summed E-state index contributed by atoms with van der Waals surface area (Å²) >= 11 is 0. The number of ether oxygens (including phenoxy) is 3. The fourth-order valence-electron chi connectivity index (χ4n) is 3.86. The topological polar surface area (TPSA) is 44.8 Å². The molecule has 132 valence electrons. The molecule has 4 nitrogen and oxygen atoms in total. The molecule has 0 aromatic heterocycles. The van der Waals surface area contributed by atoms with Crippen molar-refractivity contribution in [2.45, 2.75) is 64.1 Å². The highest BCUT2D eigenvalue weighted by molar-refractivity contribution is 5.80. The summed E-state index contributed by atoms with van der Waals surface area (Å²) in [6.07, 6.45) is 4.94. The minimum atomic E-state index is -0.301. The zero-order valence-corrected chi connectivity index (χ0v) is 14.8. The fraction of sp³-hybridized carbons (Fsp3) is 0.650.